The molecule has 0 unspecified atom stereocenters. The van der Waals surface area contributed by atoms with E-state index >= 15 is 0 Å². The first-order chi connectivity index (χ1) is 7.38. The highest BCUT2D eigenvalue weighted by Gasteiger charge is 2.73. The van der Waals surface area contributed by atoms with Gasteiger partial charge < -0.3 is 10.4 Å². The number of halogens is 6. The van der Waals surface area contributed by atoms with Crippen molar-refractivity contribution in [3.8, 4) is 0 Å². The SMILES string of the molecule is CC[C@@H](NC(C)C)C(O)(C(F)(F)F)C(F)(F)F. The van der Waals surface area contributed by atoms with Crippen LogP contribution in [-0.2, 0) is 0 Å². The molecule has 0 aromatic rings. The zero-order valence-electron chi connectivity index (χ0n) is 9.58. The maximum absolute atomic E-state index is 12.5. The number of hydrogen-bond acceptors (Lipinski definition) is 2. The topological polar surface area (TPSA) is 32.3 Å². The molecule has 0 aromatic carbocycles. The predicted molar refractivity (Wildman–Crippen MR) is 49.4 cm³/mol. The van der Waals surface area contributed by atoms with E-state index < -0.39 is 36.5 Å². The van der Waals surface area contributed by atoms with Crippen molar-refractivity contribution in [1.29, 1.82) is 0 Å². The minimum Gasteiger partial charge on any atom is -0.372 e. The highest BCUT2D eigenvalue weighted by atomic mass is 19.4. The van der Waals surface area contributed by atoms with Crippen LogP contribution < -0.4 is 5.32 Å². The first kappa shape index (κ1) is 16.5. The Morgan fingerprint density at radius 3 is 1.53 bits per heavy atom. The Labute approximate surface area is 95.0 Å². The molecule has 2 N–H and O–H groups in total. The van der Waals surface area contributed by atoms with Gasteiger partial charge in [-0.05, 0) is 6.42 Å². The monoisotopic (exact) mass is 267 g/mol. The standard InChI is InChI=1S/C9H15F6NO/c1-4-6(16-5(2)3)7(17,8(10,11)12)9(13,14)15/h5-6,16-17H,4H2,1-3H3/t6-/m1/s1. The van der Waals surface area contributed by atoms with E-state index in [1.807, 2.05) is 0 Å². The van der Waals surface area contributed by atoms with Crippen LogP contribution in [0.1, 0.15) is 27.2 Å². The Balaban J connectivity index is 5.45. The summed E-state index contributed by atoms with van der Waals surface area (Å²) in [5.41, 5.74) is -4.74. The van der Waals surface area contributed by atoms with Gasteiger partial charge in [0.25, 0.3) is 5.60 Å². The Morgan fingerprint density at radius 1 is 1.00 bits per heavy atom. The third-order valence-corrected chi connectivity index (χ3v) is 2.31. The lowest BCUT2D eigenvalue weighted by atomic mass is 9.90. The highest BCUT2D eigenvalue weighted by molar-refractivity contribution is 5.03. The van der Waals surface area contributed by atoms with Crippen LogP contribution in [0.15, 0.2) is 0 Å². The molecule has 17 heavy (non-hydrogen) atoms. The average molecular weight is 267 g/mol. The van der Waals surface area contributed by atoms with Crippen molar-refractivity contribution >= 4 is 0 Å². The summed E-state index contributed by atoms with van der Waals surface area (Å²) in [6.45, 7) is 3.94. The van der Waals surface area contributed by atoms with Crippen LogP contribution in [0, 0.1) is 0 Å². The van der Waals surface area contributed by atoms with E-state index in [4.69, 9.17) is 5.11 Å². The van der Waals surface area contributed by atoms with E-state index in [-0.39, 0.29) is 0 Å². The first-order valence-electron chi connectivity index (χ1n) is 4.99. The zero-order valence-corrected chi connectivity index (χ0v) is 9.58. The van der Waals surface area contributed by atoms with Crippen molar-refractivity contribution in [2.24, 2.45) is 0 Å². The molecule has 104 valence electrons. The van der Waals surface area contributed by atoms with Gasteiger partial charge in [-0.25, -0.2) is 0 Å². The van der Waals surface area contributed by atoms with Crippen LogP contribution in [0.25, 0.3) is 0 Å². The largest absolute Gasteiger partial charge is 0.427 e. The Hall–Kier alpha value is -0.500. The second kappa shape index (κ2) is 5.01. The second-order valence-electron chi connectivity index (χ2n) is 4.04. The number of nitrogens with one attached hydrogen (secondary N) is 1. The molecule has 0 amide bonds. The minimum atomic E-state index is -5.78. The summed E-state index contributed by atoms with van der Waals surface area (Å²) in [7, 11) is 0. The normalized spacial score (nSPS) is 16.4. The van der Waals surface area contributed by atoms with Gasteiger partial charge in [0.15, 0.2) is 0 Å². The van der Waals surface area contributed by atoms with Gasteiger partial charge in [-0.1, -0.05) is 20.8 Å². The molecule has 0 bridgehead atoms. The van der Waals surface area contributed by atoms with E-state index in [2.05, 4.69) is 5.32 Å². The summed E-state index contributed by atoms with van der Waals surface area (Å²) in [5, 5.41) is 11.2. The van der Waals surface area contributed by atoms with Crippen molar-refractivity contribution in [3.63, 3.8) is 0 Å². The van der Waals surface area contributed by atoms with Crippen LogP contribution >= 0.6 is 0 Å². The summed E-state index contributed by atoms with van der Waals surface area (Å²) in [6.07, 6.45) is -12.1. The van der Waals surface area contributed by atoms with Crippen LogP contribution in [0.5, 0.6) is 0 Å². The van der Waals surface area contributed by atoms with Gasteiger partial charge in [0.2, 0.25) is 0 Å². The Morgan fingerprint density at radius 2 is 1.35 bits per heavy atom. The van der Waals surface area contributed by atoms with Gasteiger partial charge >= 0.3 is 12.4 Å². The quantitative estimate of drug-likeness (QED) is 0.767. The molecule has 0 aliphatic heterocycles. The fourth-order valence-corrected chi connectivity index (χ4v) is 1.49. The van der Waals surface area contributed by atoms with Gasteiger partial charge in [0.05, 0.1) is 6.04 Å². The molecular formula is C9H15F6NO. The lowest BCUT2D eigenvalue weighted by molar-refractivity contribution is -0.377. The van der Waals surface area contributed by atoms with Gasteiger partial charge in [-0.2, -0.15) is 26.3 Å². The molecule has 0 heterocycles. The number of rotatable bonds is 4. The van der Waals surface area contributed by atoms with Gasteiger partial charge in [-0.3, -0.25) is 0 Å². The summed E-state index contributed by atoms with van der Waals surface area (Å²) >= 11 is 0. The van der Waals surface area contributed by atoms with Crippen molar-refractivity contribution in [2.45, 2.75) is 57.2 Å². The molecule has 0 fully saturated rings. The van der Waals surface area contributed by atoms with Crippen molar-refractivity contribution in [3.05, 3.63) is 0 Å². The Bertz CT molecular complexity index is 233. The molecule has 2 nitrogen and oxygen atoms in total. The third-order valence-electron chi connectivity index (χ3n) is 2.31. The van der Waals surface area contributed by atoms with E-state index in [0.29, 0.717) is 0 Å². The molecule has 0 aliphatic carbocycles. The van der Waals surface area contributed by atoms with Crippen LogP contribution in [-0.4, -0.2) is 35.1 Å². The molecule has 0 saturated carbocycles. The van der Waals surface area contributed by atoms with E-state index in [1.54, 1.807) is 0 Å². The maximum Gasteiger partial charge on any atom is 0.427 e. The fourth-order valence-electron chi connectivity index (χ4n) is 1.49. The number of hydrogen-bond donors (Lipinski definition) is 2. The van der Waals surface area contributed by atoms with Crippen LogP contribution in [0.4, 0.5) is 26.3 Å². The molecular weight excluding hydrogens is 252 g/mol. The summed E-state index contributed by atoms with van der Waals surface area (Å²) in [5.74, 6) is 0. The fraction of sp³-hybridized carbons (Fsp3) is 1.00. The van der Waals surface area contributed by atoms with Gasteiger partial charge in [0.1, 0.15) is 0 Å². The molecule has 0 spiro atoms. The summed E-state index contributed by atoms with van der Waals surface area (Å²) in [4.78, 5) is 0. The molecule has 0 aliphatic rings. The first-order valence-corrected chi connectivity index (χ1v) is 4.99. The van der Waals surface area contributed by atoms with Crippen molar-refractivity contribution in [2.75, 3.05) is 0 Å². The van der Waals surface area contributed by atoms with Crippen molar-refractivity contribution < 1.29 is 31.4 Å². The molecule has 0 aromatic heterocycles. The molecule has 1 atom stereocenters. The van der Waals surface area contributed by atoms with Crippen molar-refractivity contribution in [1.82, 2.24) is 5.32 Å². The van der Waals surface area contributed by atoms with E-state index in [0.717, 1.165) is 6.92 Å². The van der Waals surface area contributed by atoms with Gasteiger partial charge in [-0.15, -0.1) is 0 Å². The predicted octanol–water partition coefficient (Wildman–Crippen LogP) is 2.62. The smallest absolute Gasteiger partial charge is 0.372 e. The summed E-state index contributed by atoms with van der Waals surface area (Å²) < 4.78 is 74.9. The number of alkyl halides is 6. The minimum absolute atomic E-state index is 0.506. The maximum atomic E-state index is 12.5. The van der Waals surface area contributed by atoms with Gasteiger partial charge in [0, 0.05) is 6.04 Å². The molecule has 8 heteroatoms. The molecule has 0 rings (SSSR count). The zero-order chi connectivity index (χ0) is 14.1. The molecule has 0 radical (unpaired) electrons. The average Bonchev–Trinajstić information content (AvgIpc) is 2.08. The van der Waals surface area contributed by atoms with E-state index in [9.17, 15) is 26.3 Å². The van der Waals surface area contributed by atoms with Crippen LogP contribution in [0.2, 0.25) is 0 Å². The van der Waals surface area contributed by atoms with Crippen LogP contribution in [0.3, 0.4) is 0 Å². The van der Waals surface area contributed by atoms with E-state index in [1.165, 1.54) is 13.8 Å². The molecule has 0 saturated heterocycles. The highest BCUT2D eigenvalue weighted by Crippen LogP contribution is 2.45. The summed E-state index contributed by atoms with van der Waals surface area (Å²) in [6, 6.07) is -2.75. The Kier molecular flexibility index (Phi) is 4.86. The second-order valence-corrected chi connectivity index (χ2v) is 4.04. The lowest BCUT2D eigenvalue weighted by Gasteiger charge is -2.39. The third kappa shape index (κ3) is 3.25. The number of aliphatic hydroxyl groups is 1. The lowest BCUT2D eigenvalue weighted by Crippen LogP contribution is -2.68.